The first-order valence-corrected chi connectivity index (χ1v) is 8.50. The zero-order chi connectivity index (χ0) is 16.7. The van der Waals surface area contributed by atoms with Crippen LogP contribution in [0.25, 0.3) is 6.08 Å². The quantitative estimate of drug-likeness (QED) is 0.630. The molecule has 2 atom stereocenters. The molecule has 0 N–H and O–H groups in total. The minimum atomic E-state index is 0.108. The van der Waals surface area contributed by atoms with E-state index in [0.717, 1.165) is 18.4 Å². The van der Waals surface area contributed by atoms with Gasteiger partial charge in [0.1, 0.15) is 0 Å². The molecule has 2 unspecified atom stereocenters. The Balaban J connectivity index is 2.83. The number of hydrogen-bond donors (Lipinski definition) is 0. The zero-order valence-electron chi connectivity index (χ0n) is 15.0. The van der Waals surface area contributed by atoms with E-state index in [0.29, 0.717) is 5.92 Å². The van der Waals surface area contributed by atoms with Crippen molar-refractivity contribution in [1.29, 1.82) is 0 Å². The summed E-state index contributed by atoms with van der Waals surface area (Å²) in [5.41, 5.74) is 2.40. The van der Waals surface area contributed by atoms with E-state index in [4.69, 9.17) is 0 Å². The molecule has 122 valence electrons. The molecule has 0 heterocycles. The van der Waals surface area contributed by atoms with Crippen LogP contribution in [0.1, 0.15) is 71.4 Å². The summed E-state index contributed by atoms with van der Waals surface area (Å²) in [5.74, 6) is 0.641. The summed E-state index contributed by atoms with van der Waals surface area (Å²) in [7, 11) is 0. The third-order valence-corrected chi connectivity index (χ3v) is 4.41. The summed E-state index contributed by atoms with van der Waals surface area (Å²) in [6, 6.07) is 8.98. The lowest BCUT2D eigenvalue weighted by Gasteiger charge is -2.33. The molecule has 0 fully saturated rings. The number of rotatable bonds is 7. The average Bonchev–Trinajstić information content (AvgIpc) is 2.52. The molecule has 2 heteroatoms. The van der Waals surface area contributed by atoms with Crippen molar-refractivity contribution in [2.75, 3.05) is 0 Å². The summed E-state index contributed by atoms with van der Waals surface area (Å²) in [4.78, 5) is 14.5. The van der Waals surface area contributed by atoms with Crippen molar-refractivity contribution < 1.29 is 4.79 Å². The van der Waals surface area contributed by atoms with Gasteiger partial charge in [0.15, 0.2) is 0 Å². The monoisotopic (exact) mass is 301 g/mol. The van der Waals surface area contributed by atoms with Crippen molar-refractivity contribution in [3.8, 4) is 0 Å². The Hall–Kier alpha value is -1.57. The molecule has 0 aliphatic rings. The second-order valence-electron chi connectivity index (χ2n) is 6.41. The number of hydrogen-bond acceptors (Lipinski definition) is 1. The van der Waals surface area contributed by atoms with Gasteiger partial charge >= 0.3 is 0 Å². The third kappa shape index (κ3) is 5.01. The number of benzene rings is 1. The molecule has 0 saturated carbocycles. The van der Waals surface area contributed by atoms with Crippen molar-refractivity contribution in [2.45, 2.75) is 72.4 Å². The van der Waals surface area contributed by atoms with Crippen molar-refractivity contribution in [1.82, 2.24) is 4.90 Å². The highest BCUT2D eigenvalue weighted by Gasteiger charge is 2.21. The molecule has 2 nitrogen and oxygen atoms in total. The Labute approximate surface area is 136 Å². The van der Waals surface area contributed by atoms with E-state index in [-0.39, 0.29) is 18.0 Å². The van der Waals surface area contributed by atoms with Gasteiger partial charge in [-0.15, -0.1) is 0 Å². The first kappa shape index (κ1) is 18.5. The van der Waals surface area contributed by atoms with E-state index in [2.05, 4.69) is 65.8 Å². The molecule has 0 spiro atoms. The summed E-state index contributed by atoms with van der Waals surface area (Å²) in [6.45, 7) is 12.9. The van der Waals surface area contributed by atoms with Crippen LogP contribution < -0.4 is 0 Å². The second-order valence-corrected chi connectivity index (χ2v) is 6.41. The summed E-state index contributed by atoms with van der Waals surface area (Å²) in [5, 5.41) is 0. The van der Waals surface area contributed by atoms with Gasteiger partial charge in [0, 0.05) is 18.2 Å². The molecule has 0 aromatic heterocycles. The maximum atomic E-state index is 12.5. The van der Waals surface area contributed by atoms with Gasteiger partial charge in [0.25, 0.3) is 0 Å². The summed E-state index contributed by atoms with van der Waals surface area (Å²) >= 11 is 0. The van der Waals surface area contributed by atoms with Gasteiger partial charge in [-0.2, -0.15) is 0 Å². The lowest BCUT2D eigenvalue weighted by atomic mass is 10.0. The van der Waals surface area contributed by atoms with Crippen molar-refractivity contribution in [2.24, 2.45) is 0 Å². The lowest BCUT2D eigenvalue weighted by Crippen LogP contribution is -2.43. The Morgan fingerprint density at radius 2 is 1.50 bits per heavy atom. The predicted octanol–water partition coefficient (Wildman–Crippen LogP) is 5.25. The summed E-state index contributed by atoms with van der Waals surface area (Å²) in [6.07, 6.45) is 5.59. The molecule has 0 radical (unpaired) electrons. The molecule has 1 aromatic carbocycles. The van der Waals surface area contributed by atoms with E-state index in [9.17, 15) is 4.79 Å². The lowest BCUT2D eigenvalue weighted by molar-refractivity contribution is -0.130. The molecular weight excluding hydrogens is 270 g/mol. The van der Waals surface area contributed by atoms with Crippen LogP contribution in [0.3, 0.4) is 0 Å². The van der Waals surface area contributed by atoms with Crippen LogP contribution in [-0.4, -0.2) is 22.9 Å². The van der Waals surface area contributed by atoms with Crippen LogP contribution in [0.2, 0.25) is 0 Å². The highest BCUT2D eigenvalue weighted by molar-refractivity contribution is 5.92. The van der Waals surface area contributed by atoms with E-state index in [1.807, 2.05) is 11.0 Å². The van der Waals surface area contributed by atoms with Gasteiger partial charge in [0.2, 0.25) is 5.91 Å². The molecule has 0 bridgehead atoms. The Bertz CT molecular complexity index is 477. The molecule has 0 aliphatic heterocycles. The Morgan fingerprint density at radius 3 is 1.91 bits per heavy atom. The van der Waals surface area contributed by atoms with E-state index >= 15 is 0 Å². The number of nitrogens with zero attached hydrogens (tertiary/aromatic N) is 1. The molecule has 1 rings (SSSR count). The number of carbonyl (C=O) groups is 1. The fraction of sp³-hybridized carbons (Fsp3) is 0.550. The maximum Gasteiger partial charge on any atom is 0.247 e. The molecule has 0 aliphatic carbocycles. The maximum absolute atomic E-state index is 12.5. The van der Waals surface area contributed by atoms with Crippen LogP contribution in [0.5, 0.6) is 0 Å². The van der Waals surface area contributed by atoms with Gasteiger partial charge in [-0.1, -0.05) is 52.0 Å². The van der Waals surface area contributed by atoms with Gasteiger partial charge in [-0.3, -0.25) is 4.79 Å². The Kier molecular flexibility index (Phi) is 7.37. The standard InChI is InChI=1S/C20H31NO/c1-7-16(5)21(17(6)8-2)20(22)14-11-18-9-12-19(13-10-18)15(3)4/h9-17H,7-8H2,1-6H3/b14-11+. The molecule has 1 amide bonds. The van der Waals surface area contributed by atoms with Crippen LogP contribution in [0.15, 0.2) is 30.3 Å². The second kappa shape index (κ2) is 8.77. The van der Waals surface area contributed by atoms with Crippen LogP contribution in [0.4, 0.5) is 0 Å². The van der Waals surface area contributed by atoms with Gasteiger partial charge in [0.05, 0.1) is 0 Å². The fourth-order valence-electron chi connectivity index (χ4n) is 2.51. The van der Waals surface area contributed by atoms with E-state index < -0.39 is 0 Å². The highest BCUT2D eigenvalue weighted by atomic mass is 16.2. The largest absolute Gasteiger partial charge is 0.334 e. The minimum absolute atomic E-state index is 0.108. The highest BCUT2D eigenvalue weighted by Crippen LogP contribution is 2.16. The summed E-state index contributed by atoms with van der Waals surface area (Å²) < 4.78 is 0. The van der Waals surface area contributed by atoms with Crippen LogP contribution in [-0.2, 0) is 4.79 Å². The van der Waals surface area contributed by atoms with E-state index in [1.165, 1.54) is 5.56 Å². The van der Waals surface area contributed by atoms with Crippen molar-refractivity contribution >= 4 is 12.0 Å². The molecule has 22 heavy (non-hydrogen) atoms. The smallest absolute Gasteiger partial charge is 0.247 e. The fourth-order valence-corrected chi connectivity index (χ4v) is 2.51. The van der Waals surface area contributed by atoms with Crippen molar-refractivity contribution in [3.05, 3.63) is 41.5 Å². The average molecular weight is 301 g/mol. The van der Waals surface area contributed by atoms with Gasteiger partial charge in [-0.25, -0.2) is 0 Å². The number of carbonyl (C=O) groups excluding carboxylic acids is 1. The SMILES string of the molecule is CCC(C)N(C(=O)/C=C/c1ccc(C(C)C)cc1)C(C)CC. The minimum Gasteiger partial charge on any atom is -0.334 e. The zero-order valence-corrected chi connectivity index (χ0v) is 15.0. The Morgan fingerprint density at radius 1 is 1.00 bits per heavy atom. The predicted molar refractivity (Wildman–Crippen MR) is 95.9 cm³/mol. The first-order chi connectivity index (χ1) is 10.4. The van der Waals surface area contributed by atoms with Crippen LogP contribution >= 0.6 is 0 Å². The topological polar surface area (TPSA) is 20.3 Å². The van der Waals surface area contributed by atoms with Crippen molar-refractivity contribution in [3.63, 3.8) is 0 Å². The normalized spacial score (nSPS) is 14.3. The first-order valence-electron chi connectivity index (χ1n) is 8.50. The third-order valence-electron chi connectivity index (χ3n) is 4.41. The van der Waals surface area contributed by atoms with Crippen LogP contribution in [0, 0.1) is 0 Å². The number of amides is 1. The van der Waals surface area contributed by atoms with E-state index in [1.54, 1.807) is 6.08 Å². The molecule has 1 aromatic rings. The molecule has 0 saturated heterocycles. The van der Waals surface area contributed by atoms with Gasteiger partial charge in [-0.05, 0) is 49.8 Å². The molecular formula is C20H31NO. The van der Waals surface area contributed by atoms with Gasteiger partial charge < -0.3 is 4.90 Å².